The molecule has 2 N–H and O–H groups in total. The Morgan fingerprint density at radius 3 is 2.63 bits per heavy atom. The van der Waals surface area contributed by atoms with Gasteiger partial charge >= 0.3 is 0 Å². The highest BCUT2D eigenvalue weighted by Gasteiger charge is 2.40. The molecule has 1 amide bonds. The monoisotopic (exact) mass is 268 g/mol. The summed E-state index contributed by atoms with van der Waals surface area (Å²) in [5, 5.41) is 6.60. The summed E-state index contributed by atoms with van der Waals surface area (Å²) in [5.74, 6) is 0.280. The molecule has 0 saturated carbocycles. The van der Waals surface area contributed by atoms with E-state index in [4.69, 9.17) is 0 Å². The fourth-order valence-corrected chi connectivity index (χ4v) is 3.07. The van der Waals surface area contributed by atoms with E-state index in [0.29, 0.717) is 6.04 Å². The molecule has 0 aromatic heterocycles. The summed E-state index contributed by atoms with van der Waals surface area (Å²) < 4.78 is 0. The second-order valence-corrected chi connectivity index (χ2v) is 6.18. The Kier molecular flexibility index (Phi) is 7.44. The number of amides is 1. The van der Waals surface area contributed by atoms with Crippen LogP contribution in [-0.4, -0.2) is 25.0 Å². The van der Waals surface area contributed by atoms with Crippen LogP contribution in [0.25, 0.3) is 0 Å². The molecule has 3 heteroatoms. The second-order valence-electron chi connectivity index (χ2n) is 6.18. The van der Waals surface area contributed by atoms with Gasteiger partial charge in [0.05, 0.1) is 5.41 Å². The van der Waals surface area contributed by atoms with Gasteiger partial charge in [-0.25, -0.2) is 0 Å². The fourth-order valence-electron chi connectivity index (χ4n) is 3.07. The Balaban J connectivity index is 2.35. The van der Waals surface area contributed by atoms with E-state index >= 15 is 0 Å². The van der Waals surface area contributed by atoms with Gasteiger partial charge < -0.3 is 10.6 Å². The lowest BCUT2D eigenvalue weighted by Gasteiger charge is -2.28. The van der Waals surface area contributed by atoms with E-state index in [-0.39, 0.29) is 11.3 Å². The van der Waals surface area contributed by atoms with E-state index in [1.54, 1.807) is 0 Å². The van der Waals surface area contributed by atoms with Crippen molar-refractivity contribution in [2.45, 2.75) is 78.2 Å². The molecule has 2 atom stereocenters. The van der Waals surface area contributed by atoms with Crippen molar-refractivity contribution in [2.75, 3.05) is 13.1 Å². The first kappa shape index (κ1) is 16.5. The van der Waals surface area contributed by atoms with Gasteiger partial charge in [-0.15, -0.1) is 0 Å². The lowest BCUT2D eigenvalue weighted by atomic mass is 9.81. The minimum Gasteiger partial charge on any atom is -0.353 e. The summed E-state index contributed by atoms with van der Waals surface area (Å²) in [7, 11) is 0. The molecular formula is C16H32N2O. The van der Waals surface area contributed by atoms with Gasteiger partial charge in [-0.3, -0.25) is 4.79 Å². The third-order valence-electron chi connectivity index (χ3n) is 4.32. The summed E-state index contributed by atoms with van der Waals surface area (Å²) in [5.41, 5.74) is -0.133. The first-order chi connectivity index (χ1) is 9.14. The summed E-state index contributed by atoms with van der Waals surface area (Å²) in [6.07, 6.45) is 9.30. The van der Waals surface area contributed by atoms with Crippen LogP contribution in [0, 0.1) is 5.41 Å². The Hall–Kier alpha value is -0.570. The minimum absolute atomic E-state index is 0.133. The highest BCUT2D eigenvalue weighted by Crippen LogP contribution is 2.31. The van der Waals surface area contributed by atoms with Gasteiger partial charge in [0, 0.05) is 12.6 Å². The Morgan fingerprint density at radius 2 is 2.05 bits per heavy atom. The summed E-state index contributed by atoms with van der Waals surface area (Å²) in [6, 6.07) is 0.318. The van der Waals surface area contributed by atoms with Crippen molar-refractivity contribution in [2.24, 2.45) is 5.41 Å². The van der Waals surface area contributed by atoms with E-state index < -0.39 is 0 Å². The maximum absolute atomic E-state index is 12.5. The zero-order valence-electron chi connectivity index (χ0n) is 13.1. The quantitative estimate of drug-likeness (QED) is 0.630. The zero-order chi connectivity index (χ0) is 14.1. The SMILES string of the molecule is CCCCCCC(C)NC(=O)C1(CCC)CCNC1. The van der Waals surface area contributed by atoms with E-state index in [9.17, 15) is 4.79 Å². The molecule has 1 rings (SSSR count). The number of rotatable bonds is 9. The molecule has 1 aliphatic rings. The lowest BCUT2D eigenvalue weighted by Crippen LogP contribution is -2.45. The van der Waals surface area contributed by atoms with Crippen LogP contribution in [0.1, 0.15) is 72.1 Å². The molecular weight excluding hydrogens is 236 g/mol. The van der Waals surface area contributed by atoms with Crippen molar-refractivity contribution in [3.63, 3.8) is 0 Å². The minimum atomic E-state index is -0.133. The summed E-state index contributed by atoms with van der Waals surface area (Å²) in [6.45, 7) is 8.38. The number of nitrogens with one attached hydrogen (secondary N) is 2. The third-order valence-corrected chi connectivity index (χ3v) is 4.32. The van der Waals surface area contributed by atoms with Crippen LogP contribution in [0.15, 0.2) is 0 Å². The largest absolute Gasteiger partial charge is 0.353 e. The van der Waals surface area contributed by atoms with E-state index in [2.05, 4.69) is 31.4 Å². The van der Waals surface area contributed by atoms with Crippen LogP contribution in [-0.2, 0) is 4.79 Å². The summed E-state index contributed by atoms with van der Waals surface area (Å²) >= 11 is 0. The maximum atomic E-state index is 12.5. The molecule has 2 unspecified atom stereocenters. The van der Waals surface area contributed by atoms with Crippen LogP contribution < -0.4 is 10.6 Å². The number of hydrogen-bond acceptors (Lipinski definition) is 2. The molecule has 1 aliphatic heterocycles. The predicted octanol–water partition coefficient (Wildman–Crippen LogP) is 3.24. The average molecular weight is 268 g/mol. The molecule has 0 aromatic carbocycles. The first-order valence-electron chi connectivity index (χ1n) is 8.16. The molecule has 112 valence electrons. The topological polar surface area (TPSA) is 41.1 Å². The standard InChI is InChI=1S/C16H32N2O/c1-4-6-7-8-9-14(3)18-15(19)16(10-5-2)11-12-17-13-16/h14,17H,4-13H2,1-3H3,(H,18,19). The van der Waals surface area contributed by atoms with Crippen molar-refractivity contribution >= 4 is 5.91 Å². The molecule has 19 heavy (non-hydrogen) atoms. The van der Waals surface area contributed by atoms with Crippen molar-refractivity contribution in [1.82, 2.24) is 10.6 Å². The highest BCUT2D eigenvalue weighted by atomic mass is 16.2. The van der Waals surface area contributed by atoms with E-state index in [1.807, 2.05) is 0 Å². The van der Waals surface area contributed by atoms with Gasteiger partial charge in [-0.05, 0) is 32.7 Å². The molecule has 0 aromatic rings. The van der Waals surface area contributed by atoms with Crippen LogP contribution in [0.3, 0.4) is 0 Å². The van der Waals surface area contributed by atoms with Crippen LogP contribution >= 0.6 is 0 Å². The molecule has 1 fully saturated rings. The van der Waals surface area contributed by atoms with Crippen molar-refractivity contribution in [3.8, 4) is 0 Å². The van der Waals surface area contributed by atoms with Crippen molar-refractivity contribution in [3.05, 3.63) is 0 Å². The molecule has 0 radical (unpaired) electrons. The molecule has 3 nitrogen and oxygen atoms in total. The Bertz CT molecular complexity index is 259. The van der Waals surface area contributed by atoms with Crippen molar-refractivity contribution in [1.29, 1.82) is 0 Å². The maximum Gasteiger partial charge on any atom is 0.227 e. The molecule has 0 spiro atoms. The predicted molar refractivity (Wildman–Crippen MR) is 81.2 cm³/mol. The van der Waals surface area contributed by atoms with Gasteiger partial charge in [-0.1, -0.05) is 46.0 Å². The number of carbonyl (C=O) groups excluding carboxylic acids is 1. The molecule has 1 heterocycles. The van der Waals surface area contributed by atoms with Gasteiger partial charge in [0.25, 0.3) is 0 Å². The van der Waals surface area contributed by atoms with Gasteiger partial charge in [0.2, 0.25) is 5.91 Å². The molecule has 1 saturated heterocycles. The van der Waals surface area contributed by atoms with E-state index in [1.165, 1.54) is 25.7 Å². The average Bonchev–Trinajstić information content (AvgIpc) is 2.85. The van der Waals surface area contributed by atoms with Crippen LogP contribution in [0.2, 0.25) is 0 Å². The Morgan fingerprint density at radius 1 is 1.26 bits per heavy atom. The fraction of sp³-hybridized carbons (Fsp3) is 0.938. The van der Waals surface area contributed by atoms with Crippen LogP contribution in [0.4, 0.5) is 0 Å². The normalized spacial score (nSPS) is 24.4. The first-order valence-corrected chi connectivity index (χ1v) is 8.16. The number of unbranched alkanes of at least 4 members (excludes halogenated alkanes) is 3. The van der Waals surface area contributed by atoms with Crippen molar-refractivity contribution < 1.29 is 4.79 Å². The smallest absolute Gasteiger partial charge is 0.227 e. The van der Waals surface area contributed by atoms with Gasteiger partial charge in [0.1, 0.15) is 0 Å². The molecule has 0 aliphatic carbocycles. The molecule has 0 bridgehead atoms. The number of hydrogen-bond donors (Lipinski definition) is 2. The number of carbonyl (C=O) groups is 1. The lowest BCUT2D eigenvalue weighted by molar-refractivity contribution is -0.131. The Labute approximate surface area is 118 Å². The zero-order valence-corrected chi connectivity index (χ0v) is 13.1. The summed E-state index contributed by atoms with van der Waals surface area (Å²) in [4.78, 5) is 12.5. The van der Waals surface area contributed by atoms with Gasteiger partial charge in [-0.2, -0.15) is 0 Å². The van der Waals surface area contributed by atoms with Gasteiger partial charge in [0.15, 0.2) is 0 Å². The van der Waals surface area contributed by atoms with Crippen LogP contribution in [0.5, 0.6) is 0 Å². The second kappa shape index (κ2) is 8.57. The van der Waals surface area contributed by atoms with E-state index in [0.717, 1.165) is 38.8 Å². The highest BCUT2D eigenvalue weighted by molar-refractivity contribution is 5.83. The third kappa shape index (κ3) is 5.13.